The van der Waals surface area contributed by atoms with Crippen LogP contribution >= 0.6 is 0 Å². The van der Waals surface area contributed by atoms with Crippen LogP contribution in [-0.4, -0.2) is 16.4 Å². The van der Waals surface area contributed by atoms with Crippen molar-refractivity contribution in [1.29, 1.82) is 5.26 Å². The Bertz CT molecular complexity index is 516. The number of halogens is 1. The molecule has 1 fully saturated rings. The Kier molecular flexibility index (Phi) is 4.67. The second kappa shape index (κ2) is 6.47. The van der Waals surface area contributed by atoms with Gasteiger partial charge in [-0.15, -0.1) is 0 Å². The number of nitrogens with zero attached hydrogens (tertiary/aromatic N) is 2. The number of pyridine rings is 1. The third-order valence-electron chi connectivity index (χ3n) is 3.79. The minimum atomic E-state index is -0.868. The molecule has 20 heavy (non-hydrogen) atoms. The zero-order valence-electron chi connectivity index (χ0n) is 11.4. The molecule has 106 valence electrons. The van der Waals surface area contributed by atoms with Crippen molar-refractivity contribution in [2.75, 3.05) is 0 Å². The maximum absolute atomic E-state index is 13.6. The number of nitrogens with one attached hydrogen (secondary N) is 1. The van der Waals surface area contributed by atoms with Gasteiger partial charge in [0.1, 0.15) is 5.54 Å². The molecule has 0 atom stereocenters. The number of aromatic nitrogens is 1. The van der Waals surface area contributed by atoms with Gasteiger partial charge >= 0.3 is 0 Å². The van der Waals surface area contributed by atoms with Gasteiger partial charge < -0.3 is 5.32 Å². The van der Waals surface area contributed by atoms with E-state index in [1.165, 1.54) is 18.7 Å². The monoisotopic (exact) mass is 275 g/mol. The second-order valence-corrected chi connectivity index (χ2v) is 5.27. The quantitative estimate of drug-likeness (QED) is 0.902. The number of amides is 1. The third-order valence-corrected chi connectivity index (χ3v) is 3.79. The van der Waals surface area contributed by atoms with Crippen molar-refractivity contribution in [3.05, 3.63) is 29.8 Å². The molecule has 0 aliphatic heterocycles. The van der Waals surface area contributed by atoms with Crippen LogP contribution in [0.3, 0.4) is 0 Å². The zero-order valence-corrected chi connectivity index (χ0v) is 11.4. The van der Waals surface area contributed by atoms with Crippen molar-refractivity contribution < 1.29 is 9.18 Å². The largest absolute Gasteiger partial charge is 0.334 e. The summed E-state index contributed by atoms with van der Waals surface area (Å²) in [6, 6.07) is 3.57. The van der Waals surface area contributed by atoms with E-state index in [0.717, 1.165) is 31.9 Å². The lowest BCUT2D eigenvalue weighted by atomic mass is 9.85. The summed E-state index contributed by atoms with van der Waals surface area (Å²) in [5, 5.41) is 12.2. The average Bonchev–Trinajstić information content (AvgIpc) is 2.42. The fraction of sp³-hybridized carbons (Fsp3) is 0.533. The van der Waals surface area contributed by atoms with Crippen LogP contribution < -0.4 is 5.32 Å². The van der Waals surface area contributed by atoms with Gasteiger partial charge in [-0.1, -0.05) is 32.1 Å². The Morgan fingerprint density at radius 1 is 1.30 bits per heavy atom. The van der Waals surface area contributed by atoms with E-state index in [9.17, 15) is 14.4 Å². The molecule has 1 N–H and O–H groups in total. The molecule has 1 aromatic heterocycles. The molecule has 1 aliphatic rings. The summed E-state index contributed by atoms with van der Waals surface area (Å²) in [6.07, 6.45) is 8.77. The Labute approximate surface area is 118 Å². The van der Waals surface area contributed by atoms with E-state index >= 15 is 0 Å². The Morgan fingerprint density at radius 2 is 1.95 bits per heavy atom. The van der Waals surface area contributed by atoms with Crippen LogP contribution in [0.25, 0.3) is 0 Å². The summed E-state index contributed by atoms with van der Waals surface area (Å²) >= 11 is 0. The van der Waals surface area contributed by atoms with E-state index in [1.54, 1.807) is 0 Å². The summed E-state index contributed by atoms with van der Waals surface area (Å²) in [4.78, 5) is 15.8. The molecule has 5 heteroatoms. The summed E-state index contributed by atoms with van der Waals surface area (Å²) in [5.74, 6) is -1.20. The van der Waals surface area contributed by atoms with Gasteiger partial charge in [-0.3, -0.25) is 9.78 Å². The van der Waals surface area contributed by atoms with Gasteiger partial charge in [-0.2, -0.15) is 5.26 Å². The normalized spacial score (nSPS) is 18.4. The summed E-state index contributed by atoms with van der Waals surface area (Å²) in [5.41, 5.74) is -0.926. The molecular formula is C15H18FN3O. The molecular weight excluding hydrogens is 257 g/mol. The van der Waals surface area contributed by atoms with Crippen molar-refractivity contribution in [3.8, 4) is 6.07 Å². The number of carbonyl (C=O) groups is 1. The van der Waals surface area contributed by atoms with Crippen molar-refractivity contribution in [2.24, 2.45) is 0 Å². The fourth-order valence-electron chi connectivity index (χ4n) is 2.62. The van der Waals surface area contributed by atoms with Gasteiger partial charge in [0.2, 0.25) is 0 Å². The van der Waals surface area contributed by atoms with Crippen LogP contribution in [0.15, 0.2) is 18.5 Å². The van der Waals surface area contributed by atoms with E-state index < -0.39 is 17.3 Å². The summed E-state index contributed by atoms with van der Waals surface area (Å²) in [6.45, 7) is 0. The van der Waals surface area contributed by atoms with Gasteiger partial charge in [-0.05, 0) is 18.9 Å². The van der Waals surface area contributed by atoms with E-state index in [0.29, 0.717) is 12.8 Å². The highest BCUT2D eigenvalue weighted by molar-refractivity contribution is 5.95. The van der Waals surface area contributed by atoms with Crippen LogP contribution in [0.4, 0.5) is 4.39 Å². The molecule has 1 aromatic rings. The summed E-state index contributed by atoms with van der Waals surface area (Å²) < 4.78 is 13.6. The predicted octanol–water partition coefficient (Wildman–Crippen LogP) is 2.96. The molecule has 1 saturated carbocycles. The summed E-state index contributed by atoms with van der Waals surface area (Å²) in [7, 11) is 0. The molecule has 0 aromatic carbocycles. The first-order valence-corrected chi connectivity index (χ1v) is 7.00. The lowest BCUT2D eigenvalue weighted by Crippen LogP contribution is -2.48. The van der Waals surface area contributed by atoms with E-state index in [4.69, 9.17) is 0 Å². The molecule has 2 rings (SSSR count). The van der Waals surface area contributed by atoms with E-state index in [-0.39, 0.29) is 5.56 Å². The van der Waals surface area contributed by atoms with E-state index in [1.807, 2.05) is 0 Å². The fourth-order valence-corrected chi connectivity index (χ4v) is 2.62. The zero-order chi connectivity index (χ0) is 14.4. The average molecular weight is 275 g/mol. The first kappa shape index (κ1) is 14.4. The van der Waals surface area contributed by atoms with Crippen LogP contribution in [0, 0.1) is 17.1 Å². The van der Waals surface area contributed by atoms with Crippen LogP contribution in [0.5, 0.6) is 0 Å². The molecule has 1 amide bonds. The molecule has 0 saturated heterocycles. The topological polar surface area (TPSA) is 65.8 Å². The minimum absolute atomic E-state index is 0.0586. The molecule has 0 unspecified atom stereocenters. The Balaban J connectivity index is 2.14. The highest BCUT2D eigenvalue weighted by Crippen LogP contribution is 2.26. The van der Waals surface area contributed by atoms with Crippen LogP contribution in [0.2, 0.25) is 0 Å². The molecule has 0 bridgehead atoms. The van der Waals surface area contributed by atoms with Gasteiger partial charge in [0.25, 0.3) is 5.91 Å². The number of hydrogen-bond acceptors (Lipinski definition) is 3. The predicted molar refractivity (Wildman–Crippen MR) is 72.3 cm³/mol. The molecule has 0 radical (unpaired) electrons. The third kappa shape index (κ3) is 3.32. The molecule has 1 heterocycles. The van der Waals surface area contributed by atoms with Crippen molar-refractivity contribution in [2.45, 2.75) is 50.5 Å². The minimum Gasteiger partial charge on any atom is -0.334 e. The van der Waals surface area contributed by atoms with Crippen molar-refractivity contribution in [3.63, 3.8) is 0 Å². The van der Waals surface area contributed by atoms with Gasteiger partial charge in [-0.25, -0.2) is 4.39 Å². The SMILES string of the molecule is N#CC1(NC(=O)c2ccncc2F)CCCCCCC1. The maximum atomic E-state index is 13.6. The van der Waals surface area contributed by atoms with Crippen LogP contribution in [0.1, 0.15) is 55.3 Å². The lowest BCUT2D eigenvalue weighted by molar-refractivity contribution is 0.0903. The lowest BCUT2D eigenvalue weighted by Gasteiger charge is -2.29. The highest BCUT2D eigenvalue weighted by Gasteiger charge is 2.32. The first-order valence-electron chi connectivity index (χ1n) is 7.00. The van der Waals surface area contributed by atoms with E-state index in [2.05, 4.69) is 16.4 Å². The maximum Gasteiger partial charge on any atom is 0.255 e. The number of carbonyl (C=O) groups excluding carboxylic acids is 1. The molecule has 0 spiro atoms. The van der Waals surface area contributed by atoms with Crippen molar-refractivity contribution >= 4 is 5.91 Å². The highest BCUT2D eigenvalue weighted by atomic mass is 19.1. The Hall–Kier alpha value is -1.96. The standard InChI is InChI=1S/C15H18FN3O/c16-13-10-18-9-6-12(13)14(20)19-15(11-17)7-4-2-1-3-5-8-15/h6,9-10H,1-5,7-8H2,(H,19,20). The first-order chi connectivity index (χ1) is 9.67. The molecule has 1 aliphatic carbocycles. The van der Waals surface area contributed by atoms with Crippen LogP contribution in [-0.2, 0) is 0 Å². The number of nitriles is 1. The second-order valence-electron chi connectivity index (χ2n) is 5.27. The van der Waals surface area contributed by atoms with Crippen molar-refractivity contribution in [1.82, 2.24) is 10.3 Å². The number of rotatable bonds is 2. The smallest absolute Gasteiger partial charge is 0.255 e. The Morgan fingerprint density at radius 3 is 2.55 bits per heavy atom. The van der Waals surface area contributed by atoms with Gasteiger partial charge in [0.15, 0.2) is 5.82 Å². The molecule has 4 nitrogen and oxygen atoms in total. The van der Waals surface area contributed by atoms with Gasteiger partial charge in [0.05, 0.1) is 17.8 Å². The number of hydrogen-bond donors (Lipinski definition) is 1. The van der Waals surface area contributed by atoms with Gasteiger partial charge in [0, 0.05) is 6.20 Å².